The van der Waals surface area contributed by atoms with E-state index in [-0.39, 0.29) is 22.1 Å². The molecule has 1 aromatic heterocycles. The summed E-state index contributed by atoms with van der Waals surface area (Å²) in [6.45, 7) is 3.07. The molecule has 0 N–H and O–H groups in total. The lowest BCUT2D eigenvalue weighted by molar-refractivity contribution is 0.0725. The van der Waals surface area contributed by atoms with E-state index >= 15 is 0 Å². The van der Waals surface area contributed by atoms with Gasteiger partial charge in [-0.1, -0.05) is 29.8 Å². The summed E-state index contributed by atoms with van der Waals surface area (Å²) in [6.07, 6.45) is 0.977. The highest BCUT2D eigenvalue weighted by Gasteiger charge is 2.25. The third-order valence-electron chi connectivity index (χ3n) is 4.18. The number of nitrogens with zero attached hydrogens (tertiary/aromatic N) is 2. The number of sulfone groups is 1. The van der Waals surface area contributed by atoms with Gasteiger partial charge in [0.05, 0.1) is 22.5 Å². The highest BCUT2D eigenvalue weighted by molar-refractivity contribution is 7.90. The second-order valence-corrected chi connectivity index (χ2v) is 8.97. The van der Waals surface area contributed by atoms with Gasteiger partial charge in [0.25, 0.3) is 0 Å². The number of benzene rings is 2. The van der Waals surface area contributed by atoms with Gasteiger partial charge in [0.15, 0.2) is 11.5 Å². The van der Waals surface area contributed by atoms with Crippen molar-refractivity contribution >= 4 is 33.2 Å². The Labute approximate surface area is 182 Å². The molecule has 0 amide bonds. The van der Waals surface area contributed by atoms with Gasteiger partial charge in [0.2, 0.25) is 15.0 Å². The van der Waals surface area contributed by atoms with Crippen LogP contribution in [-0.2, 0) is 15.6 Å². The van der Waals surface area contributed by atoms with Crippen LogP contribution in [0.5, 0.6) is 5.75 Å². The molecule has 0 aliphatic heterocycles. The number of ether oxygens (including phenoxy) is 1. The second kappa shape index (κ2) is 8.91. The van der Waals surface area contributed by atoms with Crippen LogP contribution in [0, 0.1) is 12.7 Å². The minimum absolute atomic E-state index is 0.00268. The molecule has 3 aromatic rings. The number of aromatic nitrogens is 2. The van der Waals surface area contributed by atoms with Crippen molar-refractivity contribution in [1.29, 1.82) is 0 Å². The van der Waals surface area contributed by atoms with Crippen LogP contribution in [0.15, 0.2) is 53.8 Å². The zero-order valence-corrected chi connectivity index (χ0v) is 18.0. The smallest absolute Gasteiger partial charge is 0.364 e. The Morgan fingerprint density at radius 1 is 1.13 bits per heavy atom. The van der Waals surface area contributed by atoms with E-state index in [9.17, 15) is 22.4 Å². The Kier molecular flexibility index (Phi) is 6.47. The molecule has 0 spiro atoms. The third kappa shape index (κ3) is 5.31. The number of esters is 1. The van der Waals surface area contributed by atoms with Crippen molar-refractivity contribution in [3.8, 4) is 5.75 Å². The first-order valence-electron chi connectivity index (χ1n) is 8.90. The molecule has 7 nitrogen and oxygen atoms in total. The summed E-state index contributed by atoms with van der Waals surface area (Å²) >= 11 is 5.99. The van der Waals surface area contributed by atoms with E-state index in [1.807, 2.05) is 0 Å². The molecule has 160 valence electrons. The van der Waals surface area contributed by atoms with Crippen LogP contribution in [0.4, 0.5) is 4.39 Å². The number of hydrogen-bond acceptors (Lipinski definition) is 7. The van der Waals surface area contributed by atoms with Crippen molar-refractivity contribution in [3.63, 3.8) is 0 Å². The van der Waals surface area contributed by atoms with E-state index in [2.05, 4.69) is 9.97 Å². The van der Waals surface area contributed by atoms with E-state index in [1.54, 1.807) is 13.0 Å². The molecular formula is C21H16ClFN2O5S. The van der Waals surface area contributed by atoms with Gasteiger partial charge in [0.1, 0.15) is 11.6 Å². The van der Waals surface area contributed by atoms with E-state index in [4.69, 9.17) is 16.3 Å². The minimum Gasteiger partial charge on any atom is -0.421 e. The van der Waals surface area contributed by atoms with Gasteiger partial charge in [-0.2, -0.15) is 0 Å². The summed E-state index contributed by atoms with van der Waals surface area (Å²) in [5, 5.41) is -0.855. The Hall–Kier alpha value is -3.17. The SMILES string of the molecule is CC(=O)c1ccc(C)cc1OC(=O)c1nc(S(=O)(=O)Cc2ccc(F)cc2)ncc1Cl. The first-order chi connectivity index (χ1) is 14.6. The Morgan fingerprint density at radius 2 is 1.81 bits per heavy atom. The van der Waals surface area contributed by atoms with Crippen LogP contribution >= 0.6 is 11.6 Å². The summed E-state index contributed by atoms with van der Waals surface area (Å²) in [7, 11) is -4.07. The van der Waals surface area contributed by atoms with Gasteiger partial charge in [-0.3, -0.25) is 4.79 Å². The maximum atomic E-state index is 13.0. The first-order valence-corrected chi connectivity index (χ1v) is 10.9. The predicted octanol–water partition coefficient (Wildman–Crippen LogP) is 3.97. The molecule has 0 atom stereocenters. The Morgan fingerprint density at radius 3 is 2.45 bits per heavy atom. The van der Waals surface area contributed by atoms with Gasteiger partial charge in [-0.05, 0) is 49.2 Å². The number of ketones is 1. The van der Waals surface area contributed by atoms with E-state index in [0.717, 1.165) is 23.9 Å². The van der Waals surface area contributed by atoms with Crippen LogP contribution in [0.3, 0.4) is 0 Å². The fraction of sp³-hybridized carbons (Fsp3) is 0.143. The number of Topliss-reactive ketones (excluding diaryl/α,β-unsaturated/α-hetero) is 1. The van der Waals surface area contributed by atoms with Crippen molar-refractivity contribution in [3.05, 3.63) is 81.9 Å². The molecule has 0 saturated heterocycles. The number of carbonyl (C=O) groups excluding carboxylic acids is 2. The zero-order chi connectivity index (χ0) is 22.8. The lowest BCUT2D eigenvalue weighted by atomic mass is 10.1. The highest BCUT2D eigenvalue weighted by atomic mass is 35.5. The van der Waals surface area contributed by atoms with Gasteiger partial charge >= 0.3 is 5.97 Å². The topological polar surface area (TPSA) is 103 Å². The monoisotopic (exact) mass is 462 g/mol. The van der Waals surface area contributed by atoms with Gasteiger partial charge < -0.3 is 4.74 Å². The summed E-state index contributed by atoms with van der Waals surface area (Å²) < 4.78 is 43.7. The Bertz CT molecular complexity index is 1280. The first kappa shape index (κ1) is 22.5. The Balaban J connectivity index is 1.92. The van der Waals surface area contributed by atoms with E-state index in [0.29, 0.717) is 5.56 Å². The molecule has 31 heavy (non-hydrogen) atoms. The molecule has 0 aliphatic carbocycles. The number of rotatable bonds is 6. The number of carbonyl (C=O) groups is 2. The standard InChI is InChI=1S/C21H16ClFN2O5S/c1-12-3-8-16(13(2)26)18(9-12)30-20(27)19-17(22)10-24-21(25-19)31(28,29)11-14-4-6-15(23)7-5-14/h3-10H,11H2,1-2H3. The zero-order valence-electron chi connectivity index (χ0n) is 16.4. The maximum absolute atomic E-state index is 13.0. The molecule has 0 saturated carbocycles. The molecule has 10 heteroatoms. The largest absolute Gasteiger partial charge is 0.421 e. The predicted molar refractivity (Wildman–Crippen MR) is 110 cm³/mol. The van der Waals surface area contributed by atoms with Crippen LogP contribution < -0.4 is 4.74 Å². The summed E-state index contributed by atoms with van der Waals surface area (Å²) in [5.74, 6) is -2.37. The van der Waals surface area contributed by atoms with Crippen molar-refractivity contribution in [1.82, 2.24) is 9.97 Å². The molecule has 3 rings (SSSR count). The normalized spacial score (nSPS) is 11.2. The van der Waals surface area contributed by atoms with Crippen molar-refractivity contribution in [2.24, 2.45) is 0 Å². The second-order valence-electron chi connectivity index (χ2n) is 6.68. The van der Waals surface area contributed by atoms with E-state index < -0.39 is 38.2 Å². The van der Waals surface area contributed by atoms with Gasteiger partial charge in [-0.25, -0.2) is 27.6 Å². The molecule has 0 unspecified atom stereocenters. The third-order valence-corrected chi connectivity index (χ3v) is 5.93. The van der Waals surface area contributed by atoms with Crippen molar-refractivity contribution in [2.75, 3.05) is 0 Å². The van der Waals surface area contributed by atoms with Crippen LogP contribution in [0.2, 0.25) is 5.02 Å². The van der Waals surface area contributed by atoms with Crippen molar-refractivity contribution < 1.29 is 27.1 Å². The number of halogens is 2. The molecule has 0 radical (unpaired) electrons. The van der Waals surface area contributed by atoms with Gasteiger partial charge in [0, 0.05) is 0 Å². The lowest BCUT2D eigenvalue weighted by Crippen LogP contribution is -2.17. The average molecular weight is 463 g/mol. The molecular weight excluding hydrogens is 447 g/mol. The molecule has 2 aromatic carbocycles. The molecule has 0 aliphatic rings. The summed E-state index contributed by atoms with van der Waals surface area (Å²) in [4.78, 5) is 31.9. The van der Waals surface area contributed by atoms with Crippen molar-refractivity contribution in [2.45, 2.75) is 24.8 Å². The van der Waals surface area contributed by atoms with Gasteiger partial charge in [-0.15, -0.1) is 0 Å². The lowest BCUT2D eigenvalue weighted by Gasteiger charge is -2.10. The van der Waals surface area contributed by atoms with Crippen LogP contribution in [0.1, 0.15) is 38.9 Å². The van der Waals surface area contributed by atoms with Crippen LogP contribution in [-0.4, -0.2) is 30.1 Å². The quantitative estimate of drug-likeness (QED) is 0.236. The molecule has 0 fully saturated rings. The fourth-order valence-corrected chi connectivity index (χ4v) is 4.03. The van der Waals surface area contributed by atoms with Crippen LogP contribution in [0.25, 0.3) is 0 Å². The number of hydrogen-bond donors (Lipinski definition) is 0. The summed E-state index contributed by atoms with van der Waals surface area (Å²) in [5.41, 5.74) is 0.762. The number of aryl methyl sites for hydroxylation is 1. The molecule has 0 bridgehead atoms. The highest BCUT2D eigenvalue weighted by Crippen LogP contribution is 2.24. The minimum atomic E-state index is -4.07. The summed E-state index contributed by atoms with van der Waals surface area (Å²) in [6, 6.07) is 9.59. The fourth-order valence-electron chi connectivity index (χ4n) is 2.66. The maximum Gasteiger partial charge on any atom is 0.364 e. The average Bonchev–Trinajstić information content (AvgIpc) is 2.69. The molecule has 1 heterocycles. The van der Waals surface area contributed by atoms with E-state index in [1.165, 1.54) is 31.2 Å².